The van der Waals surface area contributed by atoms with Gasteiger partial charge in [0, 0.05) is 0 Å². The molecule has 0 N–H and O–H groups in total. The average molecular weight is 469 g/mol. The lowest BCUT2D eigenvalue weighted by atomic mass is 9.80. The first-order valence-electron chi connectivity index (χ1n) is 12.5. The quantitative estimate of drug-likeness (QED) is 0.358. The van der Waals surface area contributed by atoms with Crippen LogP contribution in [0.5, 0.6) is 5.75 Å². The van der Waals surface area contributed by atoms with Gasteiger partial charge < -0.3 is 4.74 Å². The maximum Gasteiger partial charge on any atom is 0.123 e. The highest BCUT2D eigenvalue weighted by Crippen LogP contribution is 2.36. The number of hydrogen-bond donors (Lipinski definition) is 0. The van der Waals surface area contributed by atoms with E-state index in [2.05, 4.69) is 127 Å². The van der Waals surface area contributed by atoms with Gasteiger partial charge >= 0.3 is 0 Å². The van der Waals surface area contributed by atoms with Gasteiger partial charge in [0.2, 0.25) is 0 Å². The molecule has 0 aromatic heterocycles. The van der Waals surface area contributed by atoms with E-state index in [1.165, 1.54) is 38.2 Å². The van der Waals surface area contributed by atoms with Crippen LogP contribution in [-0.2, 0) is 23.9 Å². The maximum absolute atomic E-state index is 6.79. The van der Waals surface area contributed by atoms with Crippen molar-refractivity contribution in [1.82, 2.24) is 0 Å². The van der Waals surface area contributed by atoms with E-state index in [9.17, 15) is 0 Å². The van der Waals surface area contributed by atoms with Crippen molar-refractivity contribution in [2.75, 3.05) is 0 Å². The number of rotatable bonds is 5. The first-order chi connectivity index (χ1) is 15.9. The minimum Gasteiger partial charge on any atom is -0.489 e. The fourth-order valence-electron chi connectivity index (χ4n) is 4.95. The smallest absolute Gasteiger partial charge is 0.123 e. The van der Waals surface area contributed by atoms with Crippen molar-refractivity contribution in [1.29, 1.82) is 0 Å². The zero-order valence-corrected chi connectivity index (χ0v) is 23.3. The van der Waals surface area contributed by atoms with Crippen LogP contribution < -0.4 is 15.1 Å². The van der Waals surface area contributed by atoms with Crippen LogP contribution >= 0.6 is 0 Å². The number of ether oxygens (including phenoxy) is 1. The lowest BCUT2D eigenvalue weighted by Crippen LogP contribution is -2.55. The predicted molar refractivity (Wildman–Crippen MR) is 151 cm³/mol. The molecule has 0 saturated carbocycles. The van der Waals surface area contributed by atoms with E-state index in [1.54, 1.807) is 0 Å². The molecule has 0 saturated heterocycles. The fraction of sp³-hybridized carbons (Fsp3) is 0.375. The SMILES string of the molecule is CC(C)(C)c1cc(C(C)(C)C)c(OCc2ccccc2)c([Si](C)(C)c2cccc3c2C=CC3)c1. The Balaban J connectivity index is 1.95. The van der Waals surface area contributed by atoms with Gasteiger partial charge in [0.1, 0.15) is 20.4 Å². The normalized spacial score (nSPS) is 13.8. The van der Waals surface area contributed by atoms with Crippen molar-refractivity contribution >= 4 is 24.5 Å². The molecule has 0 bridgehead atoms. The molecular weight excluding hydrogens is 428 g/mol. The Morgan fingerprint density at radius 2 is 1.50 bits per heavy atom. The molecular formula is C32H40OSi. The molecule has 1 aliphatic carbocycles. The molecule has 3 aromatic rings. The number of hydrogen-bond acceptors (Lipinski definition) is 1. The Labute approximate surface area is 207 Å². The Morgan fingerprint density at radius 1 is 0.794 bits per heavy atom. The molecule has 1 nitrogen and oxygen atoms in total. The van der Waals surface area contributed by atoms with Gasteiger partial charge in [-0.1, -0.05) is 127 Å². The van der Waals surface area contributed by atoms with Gasteiger partial charge in [0.25, 0.3) is 0 Å². The van der Waals surface area contributed by atoms with Crippen molar-refractivity contribution in [3.8, 4) is 5.75 Å². The highest BCUT2D eigenvalue weighted by atomic mass is 28.3. The summed E-state index contributed by atoms with van der Waals surface area (Å²) in [6, 6.07) is 22.3. The van der Waals surface area contributed by atoms with Crippen molar-refractivity contribution in [3.63, 3.8) is 0 Å². The Kier molecular flexibility index (Phi) is 6.42. The van der Waals surface area contributed by atoms with Crippen molar-refractivity contribution in [3.05, 3.63) is 94.6 Å². The summed E-state index contributed by atoms with van der Waals surface area (Å²) in [7, 11) is -2.09. The zero-order chi connectivity index (χ0) is 24.7. The van der Waals surface area contributed by atoms with Crippen LogP contribution in [0, 0.1) is 0 Å². The van der Waals surface area contributed by atoms with Gasteiger partial charge in [-0.05, 0) is 55.4 Å². The summed E-state index contributed by atoms with van der Waals surface area (Å²) in [5, 5.41) is 2.92. The highest BCUT2D eigenvalue weighted by Gasteiger charge is 2.36. The van der Waals surface area contributed by atoms with Gasteiger partial charge in [-0.3, -0.25) is 0 Å². The minimum atomic E-state index is -2.09. The molecule has 2 heteroatoms. The molecule has 0 radical (unpaired) electrons. The van der Waals surface area contributed by atoms with Crippen molar-refractivity contribution in [2.24, 2.45) is 0 Å². The molecule has 178 valence electrons. The molecule has 0 atom stereocenters. The Bertz CT molecular complexity index is 1200. The third-order valence-electron chi connectivity index (χ3n) is 7.15. The summed E-state index contributed by atoms with van der Waals surface area (Å²) in [4.78, 5) is 0. The van der Waals surface area contributed by atoms with E-state index >= 15 is 0 Å². The predicted octanol–water partition coefficient (Wildman–Crippen LogP) is 7.25. The van der Waals surface area contributed by atoms with Gasteiger partial charge in [0.15, 0.2) is 0 Å². The van der Waals surface area contributed by atoms with E-state index in [0.29, 0.717) is 6.61 Å². The Morgan fingerprint density at radius 3 is 2.15 bits per heavy atom. The molecule has 3 aromatic carbocycles. The summed E-state index contributed by atoms with van der Waals surface area (Å²) >= 11 is 0. The third-order valence-corrected chi connectivity index (χ3v) is 10.7. The van der Waals surface area contributed by atoms with Gasteiger partial charge in [-0.25, -0.2) is 0 Å². The number of fused-ring (bicyclic) bond motifs is 1. The standard InChI is InChI=1S/C32H40OSi/c1-31(2,3)25-20-27(32(4,5)6)30(33-22-23-14-10-9-11-15-23)29(21-25)34(7,8)28-19-13-17-24-16-12-18-26(24)28/h9-15,17-21H,16,22H2,1-8H3. The molecule has 0 heterocycles. The molecule has 34 heavy (non-hydrogen) atoms. The van der Waals surface area contributed by atoms with Crippen LogP contribution in [0.4, 0.5) is 0 Å². The van der Waals surface area contributed by atoms with Crippen LogP contribution in [-0.4, -0.2) is 8.07 Å². The van der Waals surface area contributed by atoms with Crippen LogP contribution in [0.3, 0.4) is 0 Å². The fourth-order valence-corrected chi connectivity index (χ4v) is 7.96. The van der Waals surface area contributed by atoms with E-state index in [1.807, 2.05) is 0 Å². The van der Waals surface area contributed by atoms with Crippen LogP contribution in [0.1, 0.15) is 69.4 Å². The van der Waals surface area contributed by atoms with E-state index in [-0.39, 0.29) is 10.8 Å². The second-order valence-corrected chi connectivity index (χ2v) is 16.6. The first kappa shape index (κ1) is 24.5. The molecule has 1 aliphatic rings. The summed E-state index contributed by atoms with van der Waals surface area (Å²) in [5.74, 6) is 1.10. The topological polar surface area (TPSA) is 9.23 Å². The van der Waals surface area contributed by atoms with E-state index in [0.717, 1.165) is 12.2 Å². The number of benzene rings is 3. The molecule has 0 unspecified atom stereocenters. The van der Waals surface area contributed by atoms with E-state index < -0.39 is 8.07 Å². The second-order valence-electron chi connectivity index (χ2n) is 12.3. The zero-order valence-electron chi connectivity index (χ0n) is 22.3. The average Bonchev–Trinajstić information content (AvgIpc) is 3.25. The minimum absolute atomic E-state index is 0.0228. The van der Waals surface area contributed by atoms with Gasteiger partial charge in [-0.15, -0.1) is 0 Å². The highest BCUT2D eigenvalue weighted by molar-refractivity contribution is 7.01. The summed E-state index contributed by atoms with van der Waals surface area (Å²) in [6.45, 7) is 19.5. The molecule has 0 fully saturated rings. The van der Waals surface area contributed by atoms with Gasteiger partial charge in [-0.2, -0.15) is 0 Å². The molecule has 4 rings (SSSR count). The largest absolute Gasteiger partial charge is 0.489 e. The van der Waals surface area contributed by atoms with Crippen molar-refractivity contribution in [2.45, 2.75) is 78.5 Å². The monoisotopic (exact) mass is 468 g/mol. The van der Waals surface area contributed by atoms with Crippen LogP contribution in [0.2, 0.25) is 13.1 Å². The molecule has 0 amide bonds. The van der Waals surface area contributed by atoms with Crippen molar-refractivity contribution < 1.29 is 4.74 Å². The molecule has 0 aliphatic heterocycles. The summed E-state index contributed by atoms with van der Waals surface area (Å²) in [6.07, 6.45) is 5.68. The Hall–Kier alpha value is -2.58. The molecule has 0 spiro atoms. The lowest BCUT2D eigenvalue weighted by molar-refractivity contribution is 0.299. The summed E-state index contributed by atoms with van der Waals surface area (Å²) < 4.78 is 6.79. The lowest BCUT2D eigenvalue weighted by Gasteiger charge is -2.34. The second kappa shape index (κ2) is 8.89. The first-order valence-corrected chi connectivity index (χ1v) is 15.5. The van der Waals surface area contributed by atoms with E-state index in [4.69, 9.17) is 4.74 Å². The number of allylic oxidation sites excluding steroid dienone is 1. The third kappa shape index (κ3) is 4.79. The summed E-state index contributed by atoms with van der Waals surface area (Å²) in [5.41, 5.74) is 6.84. The maximum atomic E-state index is 6.79. The van der Waals surface area contributed by atoms with Crippen LogP contribution in [0.25, 0.3) is 6.08 Å². The van der Waals surface area contributed by atoms with Crippen LogP contribution in [0.15, 0.2) is 66.7 Å². The van der Waals surface area contributed by atoms with Gasteiger partial charge in [0.05, 0.1) is 0 Å².